The van der Waals surface area contributed by atoms with Gasteiger partial charge in [0, 0.05) is 24.0 Å². The van der Waals surface area contributed by atoms with Gasteiger partial charge in [0.25, 0.3) is 0 Å². The van der Waals surface area contributed by atoms with Gasteiger partial charge in [0.2, 0.25) is 0 Å². The molecule has 0 saturated carbocycles. The summed E-state index contributed by atoms with van der Waals surface area (Å²) in [6, 6.07) is 16.0. The number of carbonyl (C=O) groups is 2. The number of ketones is 2. The summed E-state index contributed by atoms with van der Waals surface area (Å²) in [5.74, 6) is 0.403. The summed E-state index contributed by atoms with van der Waals surface area (Å²) in [7, 11) is 0. The highest BCUT2D eigenvalue weighted by molar-refractivity contribution is 6.26. The summed E-state index contributed by atoms with van der Waals surface area (Å²) in [5.41, 5.74) is 1.59. The SMILES string of the molecule is CCCCCCCC(=O)c1c2ccccc2c(C(=O)CCCCCCC)c2ccccc12. The van der Waals surface area contributed by atoms with E-state index in [0.717, 1.165) is 58.4 Å². The molecular weight excluding hydrogens is 392 g/mol. The van der Waals surface area contributed by atoms with Crippen LogP contribution in [0.3, 0.4) is 0 Å². The van der Waals surface area contributed by atoms with Gasteiger partial charge >= 0.3 is 0 Å². The van der Waals surface area contributed by atoms with E-state index in [1.807, 2.05) is 48.5 Å². The highest BCUT2D eigenvalue weighted by Crippen LogP contribution is 2.35. The first-order valence-electron chi connectivity index (χ1n) is 12.7. The normalized spacial score (nSPS) is 11.3. The van der Waals surface area contributed by atoms with Crippen molar-refractivity contribution in [1.82, 2.24) is 0 Å². The highest BCUT2D eigenvalue weighted by atomic mass is 16.1. The monoisotopic (exact) mass is 430 g/mol. The first-order valence-corrected chi connectivity index (χ1v) is 12.7. The quantitative estimate of drug-likeness (QED) is 0.145. The molecule has 0 atom stereocenters. The summed E-state index contributed by atoms with van der Waals surface area (Å²) in [5, 5.41) is 3.72. The smallest absolute Gasteiger partial charge is 0.164 e. The topological polar surface area (TPSA) is 34.1 Å². The van der Waals surface area contributed by atoms with Gasteiger partial charge in [-0.3, -0.25) is 9.59 Å². The fourth-order valence-corrected chi connectivity index (χ4v) is 4.76. The summed E-state index contributed by atoms with van der Waals surface area (Å²) in [6.07, 6.45) is 12.5. The van der Waals surface area contributed by atoms with Crippen molar-refractivity contribution in [3.8, 4) is 0 Å². The Labute approximate surface area is 193 Å². The molecule has 0 aliphatic heterocycles. The van der Waals surface area contributed by atoms with Crippen molar-refractivity contribution in [1.29, 1.82) is 0 Å². The lowest BCUT2D eigenvalue weighted by molar-refractivity contribution is 0.0972. The molecule has 0 fully saturated rings. The third-order valence-corrected chi connectivity index (χ3v) is 6.50. The van der Waals surface area contributed by atoms with Crippen LogP contribution in [0.2, 0.25) is 0 Å². The summed E-state index contributed by atoms with van der Waals surface area (Å²) >= 11 is 0. The summed E-state index contributed by atoms with van der Waals surface area (Å²) in [6.45, 7) is 4.41. The number of carbonyl (C=O) groups excluding carboxylic acids is 2. The molecule has 0 saturated heterocycles. The minimum Gasteiger partial charge on any atom is -0.294 e. The van der Waals surface area contributed by atoms with Crippen LogP contribution < -0.4 is 0 Å². The van der Waals surface area contributed by atoms with Crippen molar-refractivity contribution < 1.29 is 9.59 Å². The average Bonchev–Trinajstić information content (AvgIpc) is 2.81. The fraction of sp³-hybridized carbons (Fsp3) is 0.467. The van der Waals surface area contributed by atoms with Crippen LogP contribution in [0.15, 0.2) is 48.5 Å². The zero-order chi connectivity index (χ0) is 22.8. The molecule has 2 heteroatoms. The second kappa shape index (κ2) is 12.5. The van der Waals surface area contributed by atoms with E-state index in [2.05, 4.69) is 13.8 Å². The van der Waals surface area contributed by atoms with Gasteiger partial charge < -0.3 is 0 Å². The molecule has 0 radical (unpaired) electrons. The fourth-order valence-electron chi connectivity index (χ4n) is 4.76. The molecule has 0 bridgehead atoms. The highest BCUT2D eigenvalue weighted by Gasteiger charge is 2.21. The van der Waals surface area contributed by atoms with Crippen LogP contribution in [0, 0.1) is 0 Å². The maximum atomic E-state index is 13.4. The first kappa shape index (κ1) is 24.2. The van der Waals surface area contributed by atoms with E-state index in [-0.39, 0.29) is 11.6 Å². The molecule has 0 spiro atoms. The Bertz CT molecular complexity index is 906. The number of hydrogen-bond acceptors (Lipinski definition) is 2. The van der Waals surface area contributed by atoms with Crippen LogP contribution >= 0.6 is 0 Å². The Morgan fingerprint density at radius 2 is 0.812 bits per heavy atom. The molecule has 0 aliphatic rings. The molecule has 0 amide bonds. The standard InChI is InChI=1S/C30H38O2/c1-3-5-7-9-11-21-27(31)29-23-17-13-15-19-25(23)30(26-20-16-14-18-24(26)29)28(32)22-12-10-8-6-4-2/h13-20H,3-12,21-22H2,1-2H3. The van der Waals surface area contributed by atoms with Crippen LogP contribution in [0.5, 0.6) is 0 Å². The number of benzene rings is 3. The second-order valence-corrected chi connectivity index (χ2v) is 9.02. The van der Waals surface area contributed by atoms with Crippen molar-refractivity contribution in [3.05, 3.63) is 59.7 Å². The van der Waals surface area contributed by atoms with Crippen LogP contribution in [0.1, 0.15) is 112 Å². The van der Waals surface area contributed by atoms with Crippen LogP contribution in [-0.4, -0.2) is 11.6 Å². The zero-order valence-corrected chi connectivity index (χ0v) is 19.9. The molecule has 0 aliphatic carbocycles. The van der Waals surface area contributed by atoms with Crippen molar-refractivity contribution in [2.75, 3.05) is 0 Å². The van der Waals surface area contributed by atoms with Crippen molar-refractivity contribution >= 4 is 33.1 Å². The summed E-state index contributed by atoms with van der Waals surface area (Å²) in [4.78, 5) is 26.7. The summed E-state index contributed by atoms with van der Waals surface area (Å²) < 4.78 is 0. The maximum absolute atomic E-state index is 13.4. The van der Waals surface area contributed by atoms with Gasteiger partial charge in [0.1, 0.15) is 0 Å². The Balaban J connectivity index is 1.95. The molecule has 3 aromatic rings. The van der Waals surface area contributed by atoms with E-state index < -0.39 is 0 Å². The van der Waals surface area contributed by atoms with Gasteiger partial charge in [-0.25, -0.2) is 0 Å². The molecule has 2 nitrogen and oxygen atoms in total. The Morgan fingerprint density at radius 1 is 0.500 bits per heavy atom. The van der Waals surface area contributed by atoms with Crippen LogP contribution in [0.25, 0.3) is 21.5 Å². The van der Waals surface area contributed by atoms with E-state index >= 15 is 0 Å². The van der Waals surface area contributed by atoms with E-state index in [0.29, 0.717) is 12.8 Å². The van der Waals surface area contributed by atoms with Gasteiger partial charge in [0.15, 0.2) is 11.6 Å². The molecule has 0 aromatic heterocycles. The van der Waals surface area contributed by atoms with Crippen LogP contribution in [-0.2, 0) is 0 Å². The van der Waals surface area contributed by atoms with Crippen molar-refractivity contribution in [3.63, 3.8) is 0 Å². The Hall–Kier alpha value is -2.48. The second-order valence-electron chi connectivity index (χ2n) is 9.02. The van der Waals surface area contributed by atoms with Gasteiger partial charge in [-0.05, 0) is 34.4 Å². The molecule has 3 aromatic carbocycles. The number of fused-ring (bicyclic) bond motifs is 2. The minimum absolute atomic E-state index is 0.201. The maximum Gasteiger partial charge on any atom is 0.164 e. The molecule has 0 N–H and O–H groups in total. The van der Waals surface area contributed by atoms with E-state index in [9.17, 15) is 9.59 Å². The first-order chi connectivity index (χ1) is 15.7. The van der Waals surface area contributed by atoms with E-state index in [1.54, 1.807) is 0 Å². The molecule has 3 rings (SSSR count). The lowest BCUT2D eigenvalue weighted by Gasteiger charge is -2.16. The molecule has 0 heterocycles. The third-order valence-electron chi connectivity index (χ3n) is 6.50. The molecule has 170 valence electrons. The van der Waals surface area contributed by atoms with Crippen LogP contribution in [0.4, 0.5) is 0 Å². The number of unbranched alkanes of at least 4 members (excludes halogenated alkanes) is 8. The Kier molecular flexibility index (Phi) is 9.46. The van der Waals surface area contributed by atoms with Crippen molar-refractivity contribution in [2.24, 2.45) is 0 Å². The van der Waals surface area contributed by atoms with Gasteiger partial charge in [-0.15, -0.1) is 0 Å². The third kappa shape index (κ3) is 5.85. The largest absolute Gasteiger partial charge is 0.294 e. The van der Waals surface area contributed by atoms with Gasteiger partial charge in [-0.1, -0.05) is 114 Å². The van der Waals surface area contributed by atoms with Gasteiger partial charge in [-0.2, -0.15) is 0 Å². The number of Topliss-reactive ketones (excluding diaryl/α,β-unsaturated/α-hetero) is 2. The predicted octanol–water partition coefficient (Wildman–Crippen LogP) is 9.08. The molecule has 32 heavy (non-hydrogen) atoms. The Morgan fingerprint density at radius 3 is 1.12 bits per heavy atom. The minimum atomic E-state index is 0.201. The molecule has 0 unspecified atom stereocenters. The van der Waals surface area contributed by atoms with E-state index in [4.69, 9.17) is 0 Å². The van der Waals surface area contributed by atoms with Gasteiger partial charge in [0.05, 0.1) is 0 Å². The number of hydrogen-bond donors (Lipinski definition) is 0. The molecular formula is C30H38O2. The average molecular weight is 431 g/mol. The van der Waals surface area contributed by atoms with Crippen molar-refractivity contribution in [2.45, 2.75) is 90.9 Å². The van der Waals surface area contributed by atoms with E-state index in [1.165, 1.54) is 38.5 Å². The predicted molar refractivity (Wildman–Crippen MR) is 137 cm³/mol. The lowest BCUT2D eigenvalue weighted by Crippen LogP contribution is -2.07. The number of rotatable bonds is 14. The zero-order valence-electron chi connectivity index (χ0n) is 19.9. The lowest BCUT2D eigenvalue weighted by atomic mass is 9.86.